The zero-order valence-electron chi connectivity index (χ0n) is 12.1. The summed E-state index contributed by atoms with van der Waals surface area (Å²) in [5.74, 6) is 0. The number of rotatable bonds is 2. The van der Waals surface area contributed by atoms with Crippen LogP contribution in [0.2, 0.25) is 0 Å². The fourth-order valence-corrected chi connectivity index (χ4v) is 3.11. The van der Waals surface area contributed by atoms with Crippen LogP contribution in [0, 0.1) is 23.7 Å². The van der Waals surface area contributed by atoms with Gasteiger partial charge in [-0.2, -0.15) is 5.26 Å². The number of pyridine rings is 1. The van der Waals surface area contributed by atoms with Crippen molar-refractivity contribution in [2.24, 2.45) is 5.41 Å². The highest BCUT2D eigenvalue weighted by Gasteiger charge is 2.42. The van der Waals surface area contributed by atoms with Gasteiger partial charge in [-0.3, -0.25) is 4.98 Å². The zero-order valence-corrected chi connectivity index (χ0v) is 12.1. The molecule has 2 aromatic rings. The van der Waals surface area contributed by atoms with E-state index < -0.39 is 11.5 Å². The van der Waals surface area contributed by atoms with Crippen molar-refractivity contribution in [2.45, 2.75) is 32.3 Å². The number of benzene rings is 1. The Hall–Kier alpha value is -2.18. The van der Waals surface area contributed by atoms with Crippen molar-refractivity contribution < 1.29 is 5.11 Å². The van der Waals surface area contributed by atoms with Crippen molar-refractivity contribution in [3.05, 3.63) is 65.0 Å². The third-order valence-corrected chi connectivity index (χ3v) is 4.46. The van der Waals surface area contributed by atoms with Gasteiger partial charge in [0.1, 0.15) is 0 Å². The van der Waals surface area contributed by atoms with E-state index in [2.05, 4.69) is 23.2 Å². The van der Waals surface area contributed by atoms with Crippen LogP contribution in [0.1, 0.15) is 34.9 Å². The highest BCUT2D eigenvalue weighted by atomic mass is 16.3. The van der Waals surface area contributed by atoms with Crippen molar-refractivity contribution >= 4 is 0 Å². The SMILES string of the molecule is Cc1ccc(C(O)C2(C#N)CCc3ccccc3C2)cn1. The molecule has 1 aliphatic carbocycles. The average Bonchev–Trinajstić information content (AvgIpc) is 2.54. The van der Waals surface area contributed by atoms with E-state index in [4.69, 9.17) is 0 Å². The molecule has 2 atom stereocenters. The summed E-state index contributed by atoms with van der Waals surface area (Å²) in [6, 6.07) is 14.3. The normalized spacial score (nSPS) is 22.1. The second kappa shape index (κ2) is 5.31. The summed E-state index contributed by atoms with van der Waals surface area (Å²) in [6.07, 6.45) is 2.98. The second-order valence-electron chi connectivity index (χ2n) is 5.85. The molecule has 3 rings (SSSR count). The molecule has 0 aliphatic heterocycles. The maximum atomic E-state index is 10.7. The van der Waals surface area contributed by atoms with Gasteiger partial charge in [0, 0.05) is 17.5 Å². The number of aliphatic hydroxyl groups excluding tert-OH is 1. The summed E-state index contributed by atoms with van der Waals surface area (Å²) in [4.78, 5) is 4.24. The number of aryl methyl sites for hydroxylation is 2. The van der Waals surface area contributed by atoms with Gasteiger partial charge in [-0.15, -0.1) is 0 Å². The van der Waals surface area contributed by atoms with Gasteiger partial charge in [0.2, 0.25) is 0 Å². The lowest BCUT2D eigenvalue weighted by molar-refractivity contribution is 0.0523. The van der Waals surface area contributed by atoms with Crippen LogP contribution < -0.4 is 0 Å². The standard InChI is InChI=1S/C18H18N2O/c1-13-6-7-16(11-20-13)17(21)18(12-19)9-8-14-4-2-3-5-15(14)10-18/h2-7,11,17,21H,8-10H2,1H3. The first-order chi connectivity index (χ1) is 10.1. The molecule has 0 fully saturated rings. The van der Waals surface area contributed by atoms with Gasteiger partial charge >= 0.3 is 0 Å². The average molecular weight is 278 g/mol. The van der Waals surface area contributed by atoms with Crippen molar-refractivity contribution in [1.29, 1.82) is 5.26 Å². The molecule has 1 heterocycles. The third-order valence-electron chi connectivity index (χ3n) is 4.46. The number of fused-ring (bicyclic) bond motifs is 1. The van der Waals surface area contributed by atoms with E-state index >= 15 is 0 Å². The molecule has 1 aromatic heterocycles. The minimum absolute atomic E-state index is 0.592. The van der Waals surface area contributed by atoms with Crippen LogP contribution in [0.15, 0.2) is 42.6 Å². The molecule has 0 spiro atoms. The van der Waals surface area contributed by atoms with Crippen LogP contribution in [-0.2, 0) is 12.8 Å². The molecule has 0 bridgehead atoms. The number of nitriles is 1. The summed E-state index contributed by atoms with van der Waals surface area (Å²) < 4.78 is 0. The molecule has 0 saturated heterocycles. The fourth-order valence-electron chi connectivity index (χ4n) is 3.11. The van der Waals surface area contributed by atoms with Gasteiger partial charge in [-0.05, 0) is 43.4 Å². The molecule has 3 nitrogen and oxygen atoms in total. The fraction of sp³-hybridized carbons (Fsp3) is 0.333. The Morgan fingerprint density at radius 1 is 1.24 bits per heavy atom. The summed E-state index contributed by atoms with van der Waals surface area (Å²) in [5.41, 5.74) is 3.33. The largest absolute Gasteiger partial charge is 0.387 e. The summed E-state index contributed by atoms with van der Waals surface area (Å²) >= 11 is 0. The van der Waals surface area contributed by atoms with Crippen LogP contribution in [0.5, 0.6) is 0 Å². The maximum absolute atomic E-state index is 10.7. The minimum atomic E-state index is -0.802. The predicted octanol–water partition coefficient (Wildman–Crippen LogP) is 3.12. The lowest BCUT2D eigenvalue weighted by Crippen LogP contribution is -2.34. The van der Waals surface area contributed by atoms with E-state index in [1.165, 1.54) is 11.1 Å². The number of aromatic nitrogens is 1. The maximum Gasteiger partial charge on any atom is 0.0994 e. The van der Waals surface area contributed by atoms with Gasteiger partial charge in [0.05, 0.1) is 17.6 Å². The van der Waals surface area contributed by atoms with Gasteiger partial charge in [0.15, 0.2) is 0 Å². The number of nitrogens with zero attached hydrogens (tertiary/aromatic N) is 2. The van der Waals surface area contributed by atoms with Gasteiger partial charge < -0.3 is 5.11 Å². The first-order valence-electron chi connectivity index (χ1n) is 7.23. The molecule has 2 unspecified atom stereocenters. The number of aliphatic hydroxyl groups is 1. The Kier molecular flexibility index (Phi) is 3.48. The molecule has 1 aromatic carbocycles. The quantitative estimate of drug-likeness (QED) is 0.918. The lowest BCUT2D eigenvalue weighted by Gasteiger charge is -2.36. The second-order valence-corrected chi connectivity index (χ2v) is 5.85. The lowest BCUT2D eigenvalue weighted by atomic mass is 9.68. The first kappa shape index (κ1) is 13.8. The van der Waals surface area contributed by atoms with Crippen LogP contribution in [0.3, 0.4) is 0 Å². The Labute approximate surface area is 124 Å². The van der Waals surface area contributed by atoms with Crippen LogP contribution in [0.25, 0.3) is 0 Å². The molecule has 21 heavy (non-hydrogen) atoms. The first-order valence-corrected chi connectivity index (χ1v) is 7.23. The van der Waals surface area contributed by atoms with Crippen molar-refractivity contribution in [3.8, 4) is 6.07 Å². The third kappa shape index (κ3) is 2.43. The molecule has 0 amide bonds. The molecule has 3 heteroatoms. The van der Waals surface area contributed by atoms with Crippen LogP contribution in [-0.4, -0.2) is 10.1 Å². The van der Waals surface area contributed by atoms with E-state index in [9.17, 15) is 10.4 Å². The van der Waals surface area contributed by atoms with Crippen molar-refractivity contribution in [2.75, 3.05) is 0 Å². The monoisotopic (exact) mass is 278 g/mol. The highest BCUT2D eigenvalue weighted by molar-refractivity contribution is 5.35. The molecule has 1 N–H and O–H groups in total. The minimum Gasteiger partial charge on any atom is -0.387 e. The Morgan fingerprint density at radius 2 is 2.00 bits per heavy atom. The van der Waals surface area contributed by atoms with Crippen LogP contribution in [0.4, 0.5) is 0 Å². The van der Waals surface area contributed by atoms with E-state index in [0.717, 1.165) is 17.7 Å². The number of hydrogen-bond donors (Lipinski definition) is 1. The Morgan fingerprint density at radius 3 is 2.67 bits per heavy atom. The van der Waals surface area contributed by atoms with E-state index in [0.29, 0.717) is 12.8 Å². The molecule has 0 radical (unpaired) electrons. The Balaban J connectivity index is 1.95. The Bertz CT molecular complexity index is 687. The summed E-state index contributed by atoms with van der Waals surface area (Å²) in [7, 11) is 0. The molecule has 106 valence electrons. The van der Waals surface area contributed by atoms with Crippen LogP contribution >= 0.6 is 0 Å². The molecule has 1 aliphatic rings. The van der Waals surface area contributed by atoms with Gasteiger partial charge in [-0.1, -0.05) is 30.3 Å². The molecular weight excluding hydrogens is 260 g/mol. The number of hydrogen-bond acceptors (Lipinski definition) is 3. The smallest absolute Gasteiger partial charge is 0.0994 e. The highest BCUT2D eigenvalue weighted by Crippen LogP contribution is 2.44. The van der Waals surface area contributed by atoms with E-state index in [1.54, 1.807) is 6.20 Å². The van der Waals surface area contributed by atoms with Crippen molar-refractivity contribution in [3.63, 3.8) is 0 Å². The van der Waals surface area contributed by atoms with Gasteiger partial charge in [-0.25, -0.2) is 0 Å². The molecule has 0 saturated carbocycles. The molecular formula is C18H18N2O. The zero-order chi connectivity index (χ0) is 14.9. The summed E-state index contributed by atoms with van der Waals surface area (Å²) in [5, 5.41) is 20.5. The van der Waals surface area contributed by atoms with Crippen molar-refractivity contribution in [1.82, 2.24) is 4.98 Å². The topological polar surface area (TPSA) is 56.9 Å². The van der Waals surface area contributed by atoms with E-state index in [1.807, 2.05) is 31.2 Å². The van der Waals surface area contributed by atoms with E-state index in [-0.39, 0.29) is 0 Å². The summed E-state index contributed by atoms with van der Waals surface area (Å²) in [6.45, 7) is 1.91. The van der Waals surface area contributed by atoms with Gasteiger partial charge in [0.25, 0.3) is 0 Å². The predicted molar refractivity (Wildman–Crippen MR) is 80.4 cm³/mol.